The summed E-state index contributed by atoms with van der Waals surface area (Å²) >= 11 is 0. The normalized spacial score (nSPS) is 12.8. The first kappa shape index (κ1) is 23.2. The smallest absolute Gasteiger partial charge is 0.328 e. The second-order valence-corrected chi connectivity index (χ2v) is 8.79. The molecule has 1 atom stereocenters. The molecular formula is C31H25NO4. The van der Waals surface area contributed by atoms with Crippen molar-refractivity contribution < 1.29 is 19.1 Å². The topological polar surface area (TPSA) is 72.5 Å². The minimum atomic E-state index is -0.863. The van der Waals surface area contributed by atoms with E-state index in [1.807, 2.05) is 66.7 Å². The van der Waals surface area contributed by atoms with Gasteiger partial charge in [0.25, 0.3) is 0 Å². The molecule has 0 bridgehead atoms. The van der Waals surface area contributed by atoms with Crippen LogP contribution in [-0.2, 0) is 20.7 Å². The molecular weight excluding hydrogens is 450 g/mol. The largest absolute Gasteiger partial charge is 0.467 e. The first-order valence-corrected chi connectivity index (χ1v) is 11.8. The molecule has 0 saturated carbocycles. The Labute approximate surface area is 209 Å². The summed E-state index contributed by atoms with van der Waals surface area (Å²) < 4.78 is 5.00. The van der Waals surface area contributed by atoms with Gasteiger partial charge in [-0.2, -0.15) is 0 Å². The minimum absolute atomic E-state index is 0.0708. The molecule has 4 aromatic rings. The van der Waals surface area contributed by atoms with E-state index in [1.54, 1.807) is 36.4 Å². The lowest BCUT2D eigenvalue weighted by atomic mass is 9.95. The van der Waals surface area contributed by atoms with Crippen LogP contribution in [-0.4, -0.2) is 30.8 Å². The summed E-state index contributed by atoms with van der Waals surface area (Å²) in [5.41, 5.74) is 5.88. The van der Waals surface area contributed by atoms with E-state index in [0.29, 0.717) is 11.1 Å². The molecule has 0 saturated heterocycles. The molecule has 36 heavy (non-hydrogen) atoms. The van der Waals surface area contributed by atoms with Gasteiger partial charge in [0.2, 0.25) is 5.91 Å². The Hall–Kier alpha value is -4.51. The van der Waals surface area contributed by atoms with Crippen molar-refractivity contribution in [3.05, 3.63) is 131 Å². The van der Waals surface area contributed by atoms with Crippen molar-refractivity contribution in [3.8, 4) is 11.1 Å². The number of rotatable bonds is 7. The van der Waals surface area contributed by atoms with E-state index < -0.39 is 17.9 Å². The van der Waals surface area contributed by atoms with Gasteiger partial charge in [-0.25, -0.2) is 4.79 Å². The van der Waals surface area contributed by atoms with Gasteiger partial charge < -0.3 is 10.1 Å². The first-order valence-electron chi connectivity index (χ1n) is 11.8. The van der Waals surface area contributed by atoms with E-state index in [9.17, 15) is 14.4 Å². The van der Waals surface area contributed by atoms with E-state index in [4.69, 9.17) is 4.74 Å². The highest BCUT2D eigenvalue weighted by atomic mass is 16.5. The van der Waals surface area contributed by atoms with Crippen LogP contribution >= 0.6 is 0 Å². The van der Waals surface area contributed by atoms with Gasteiger partial charge >= 0.3 is 5.97 Å². The SMILES string of the molecule is COC(=O)[C@H](Cc1ccc(C(=O)c2ccccc2)cc1)NC(=O)C1c2ccccc2-c2ccccc21. The second kappa shape index (κ2) is 10.0. The maximum absolute atomic E-state index is 13.5. The Bertz CT molecular complexity index is 1380. The second-order valence-electron chi connectivity index (χ2n) is 8.79. The number of methoxy groups -OCH3 is 1. The molecule has 0 unspecified atom stereocenters. The molecule has 1 N–H and O–H groups in total. The highest BCUT2D eigenvalue weighted by Crippen LogP contribution is 2.44. The summed E-state index contributed by atoms with van der Waals surface area (Å²) in [6, 6.07) is 31.0. The summed E-state index contributed by atoms with van der Waals surface area (Å²) in [5, 5.41) is 2.92. The average Bonchev–Trinajstić information content (AvgIpc) is 3.27. The van der Waals surface area contributed by atoms with Crippen molar-refractivity contribution in [2.75, 3.05) is 7.11 Å². The molecule has 5 heteroatoms. The quantitative estimate of drug-likeness (QED) is 0.304. The van der Waals surface area contributed by atoms with E-state index in [2.05, 4.69) is 5.32 Å². The van der Waals surface area contributed by atoms with Gasteiger partial charge in [-0.3, -0.25) is 9.59 Å². The third-order valence-electron chi connectivity index (χ3n) is 6.59. The van der Waals surface area contributed by atoms with Crippen LogP contribution in [0.4, 0.5) is 0 Å². The number of carbonyl (C=O) groups is 3. The molecule has 0 spiro atoms. The van der Waals surface area contributed by atoms with E-state index in [-0.39, 0.29) is 18.1 Å². The molecule has 0 radical (unpaired) electrons. The van der Waals surface area contributed by atoms with Gasteiger partial charge in [0.1, 0.15) is 6.04 Å². The van der Waals surface area contributed by atoms with Crippen molar-refractivity contribution in [1.82, 2.24) is 5.32 Å². The zero-order valence-electron chi connectivity index (χ0n) is 19.8. The van der Waals surface area contributed by atoms with Crippen LogP contribution in [0.25, 0.3) is 11.1 Å². The van der Waals surface area contributed by atoms with Crippen LogP contribution in [0.5, 0.6) is 0 Å². The van der Waals surface area contributed by atoms with E-state index >= 15 is 0 Å². The molecule has 5 rings (SSSR count). The molecule has 1 aliphatic carbocycles. The van der Waals surface area contributed by atoms with Crippen molar-refractivity contribution in [2.24, 2.45) is 0 Å². The number of nitrogens with one attached hydrogen (secondary N) is 1. The predicted octanol–water partition coefficient (Wildman–Crippen LogP) is 4.93. The first-order chi connectivity index (χ1) is 17.6. The Morgan fingerprint density at radius 2 is 1.25 bits per heavy atom. The monoisotopic (exact) mass is 475 g/mol. The Balaban J connectivity index is 1.36. The Kier molecular flexibility index (Phi) is 6.46. The summed E-state index contributed by atoms with van der Waals surface area (Å²) in [6.45, 7) is 0. The van der Waals surface area contributed by atoms with Gasteiger partial charge in [-0.05, 0) is 27.8 Å². The van der Waals surface area contributed by atoms with Gasteiger partial charge in [0.05, 0.1) is 13.0 Å². The molecule has 5 nitrogen and oxygen atoms in total. The summed E-state index contributed by atoms with van der Waals surface area (Å²) in [6.07, 6.45) is 0.244. The lowest BCUT2D eigenvalue weighted by molar-refractivity contribution is -0.145. The van der Waals surface area contributed by atoms with Crippen LogP contribution in [0.15, 0.2) is 103 Å². The maximum Gasteiger partial charge on any atom is 0.328 e. The van der Waals surface area contributed by atoms with Crippen molar-refractivity contribution in [2.45, 2.75) is 18.4 Å². The number of benzene rings is 4. The van der Waals surface area contributed by atoms with Gasteiger partial charge in [0, 0.05) is 17.5 Å². The lowest BCUT2D eigenvalue weighted by Gasteiger charge is -2.20. The Morgan fingerprint density at radius 1 is 0.722 bits per heavy atom. The highest BCUT2D eigenvalue weighted by Gasteiger charge is 2.35. The molecule has 178 valence electrons. The van der Waals surface area contributed by atoms with Gasteiger partial charge in [0.15, 0.2) is 5.78 Å². The standard InChI is InChI=1S/C31H25NO4/c1-36-31(35)27(19-20-15-17-22(18-16-20)29(33)21-9-3-2-4-10-21)32-30(34)28-25-13-7-5-11-23(25)24-12-6-8-14-26(24)28/h2-18,27-28H,19H2,1H3,(H,32,34)/t27-/m0/s1. The minimum Gasteiger partial charge on any atom is -0.467 e. The molecule has 1 amide bonds. The lowest BCUT2D eigenvalue weighted by Crippen LogP contribution is -2.45. The van der Waals surface area contributed by atoms with Crippen LogP contribution in [0, 0.1) is 0 Å². The van der Waals surface area contributed by atoms with Gasteiger partial charge in [-0.1, -0.05) is 103 Å². The Morgan fingerprint density at radius 3 is 1.83 bits per heavy atom. The zero-order chi connectivity index (χ0) is 25.1. The van der Waals surface area contributed by atoms with Crippen LogP contribution in [0.2, 0.25) is 0 Å². The highest BCUT2D eigenvalue weighted by molar-refractivity contribution is 6.09. The van der Waals surface area contributed by atoms with Gasteiger partial charge in [-0.15, -0.1) is 0 Å². The number of ether oxygens (including phenoxy) is 1. The molecule has 0 heterocycles. The number of carbonyl (C=O) groups excluding carboxylic acids is 3. The fraction of sp³-hybridized carbons (Fsp3) is 0.129. The van der Waals surface area contributed by atoms with Crippen molar-refractivity contribution in [3.63, 3.8) is 0 Å². The molecule has 1 aliphatic rings. The molecule has 0 aromatic heterocycles. The van der Waals surface area contributed by atoms with Crippen LogP contribution < -0.4 is 5.32 Å². The van der Waals surface area contributed by atoms with E-state index in [1.165, 1.54) is 7.11 Å². The third kappa shape index (κ3) is 4.43. The fourth-order valence-electron chi connectivity index (χ4n) is 4.81. The third-order valence-corrected chi connectivity index (χ3v) is 6.59. The summed E-state index contributed by atoms with van der Waals surface area (Å²) in [5.74, 6) is -1.35. The number of amides is 1. The summed E-state index contributed by atoms with van der Waals surface area (Å²) in [7, 11) is 1.31. The average molecular weight is 476 g/mol. The van der Waals surface area contributed by atoms with Crippen molar-refractivity contribution in [1.29, 1.82) is 0 Å². The number of ketones is 1. The van der Waals surface area contributed by atoms with Crippen molar-refractivity contribution >= 4 is 17.7 Å². The molecule has 0 aliphatic heterocycles. The predicted molar refractivity (Wildman–Crippen MR) is 138 cm³/mol. The molecule has 4 aromatic carbocycles. The van der Waals surface area contributed by atoms with E-state index in [0.717, 1.165) is 27.8 Å². The number of fused-ring (bicyclic) bond motifs is 3. The number of esters is 1. The zero-order valence-corrected chi connectivity index (χ0v) is 19.8. The van der Waals surface area contributed by atoms with Crippen LogP contribution in [0.3, 0.4) is 0 Å². The fourth-order valence-corrected chi connectivity index (χ4v) is 4.81. The number of hydrogen-bond donors (Lipinski definition) is 1. The summed E-state index contributed by atoms with van der Waals surface area (Å²) in [4.78, 5) is 38.9. The maximum atomic E-state index is 13.5. The molecule has 0 fully saturated rings. The number of hydrogen-bond acceptors (Lipinski definition) is 4. The van der Waals surface area contributed by atoms with Crippen LogP contribution in [0.1, 0.15) is 38.5 Å².